The average Bonchev–Trinajstić information content (AvgIpc) is 2.72. The molecule has 0 heterocycles. The lowest BCUT2D eigenvalue weighted by molar-refractivity contribution is -0.116. The van der Waals surface area contributed by atoms with Crippen LogP contribution in [0.3, 0.4) is 0 Å². The van der Waals surface area contributed by atoms with Crippen LogP contribution in [-0.2, 0) is 24.3 Å². The second-order valence-corrected chi connectivity index (χ2v) is 8.14. The Hall–Kier alpha value is -2.95. The Balaban J connectivity index is 2.05. The maximum atomic E-state index is 12.2. The normalized spacial score (nSPS) is 10.9. The standard InChI is InChI=1S/C19H19ClN2O7S/c1-28-18(24)12-8-13(19(25)29-2)10-15(9-12)22-17(23)6-7-21-30(26,27)16-5-3-4-14(20)11-16/h3-5,8-11,21H,6-7H2,1-2H3,(H,22,23). The predicted octanol–water partition coefficient (Wildman–Crippen LogP) is 2.22. The van der Waals surface area contributed by atoms with Crippen molar-refractivity contribution < 1.29 is 32.3 Å². The SMILES string of the molecule is COC(=O)c1cc(NC(=O)CCNS(=O)(=O)c2cccc(Cl)c2)cc(C(=O)OC)c1. The summed E-state index contributed by atoms with van der Waals surface area (Å²) < 4.78 is 36.0. The number of anilines is 1. The van der Waals surface area contributed by atoms with Gasteiger partial charge in [0.05, 0.1) is 30.2 Å². The van der Waals surface area contributed by atoms with Crippen LogP contribution in [0, 0.1) is 0 Å². The number of esters is 2. The van der Waals surface area contributed by atoms with E-state index in [9.17, 15) is 22.8 Å². The van der Waals surface area contributed by atoms with Crippen LogP contribution >= 0.6 is 11.6 Å². The van der Waals surface area contributed by atoms with E-state index in [0.29, 0.717) is 0 Å². The van der Waals surface area contributed by atoms with E-state index in [4.69, 9.17) is 11.6 Å². The van der Waals surface area contributed by atoms with E-state index in [2.05, 4.69) is 19.5 Å². The Labute approximate surface area is 178 Å². The van der Waals surface area contributed by atoms with Crippen LogP contribution in [0.25, 0.3) is 0 Å². The number of hydrogen-bond donors (Lipinski definition) is 2. The zero-order valence-electron chi connectivity index (χ0n) is 16.1. The zero-order chi connectivity index (χ0) is 22.3. The monoisotopic (exact) mass is 454 g/mol. The van der Waals surface area contributed by atoms with Crippen LogP contribution in [0.15, 0.2) is 47.4 Å². The third-order valence-electron chi connectivity index (χ3n) is 3.81. The van der Waals surface area contributed by atoms with E-state index in [0.717, 1.165) is 0 Å². The molecule has 0 aliphatic heterocycles. The minimum atomic E-state index is -3.83. The summed E-state index contributed by atoms with van der Waals surface area (Å²) in [5.74, 6) is -1.95. The Morgan fingerprint density at radius 2 is 1.57 bits per heavy atom. The molecule has 0 radical (unpaired) electrons. The van der Waals surface area contributed by atoms with Gasteiger partial charge in [-0.05, 0) is 36.4 Å². The Bertz CT molecular complexity index is 1040. The highest BCUT2D eigenvalue weighted by molar-refractivity contribution is 7.89. The van der Waals surface area contributed by atoms with Crippen molar-refractivity contribution in [1.29, 1.82) is 0 Å². The number of ether oxygens (including phenoxy) is 2. The van der Waals surface area contributed by atoms with Gasteiger partial charge in [0.25, 0.3) is 0 Å². The largest absolute Gasteiger partial charge is 0.465 e. The second-order valence-electron chi connectivity index (χ2n) is 5.94. The first-order valence-corrected chi connectivity index (χ1v) is 10.4. The first-order valence-electron chi connectivity index (χ1n) is 8.53. The molecule has 0 aromatic heterocycles. The van der Waals surface area contributed by atoms with Gasteiger partial charge in [-0.3, -0.25) is 4.79 Å². The Kier molecular flexibility index (Phi) is 7.93. The minimum Gasteiger partial charge on any atom is -0.465 e. The van der Waals surface area contributed by atoms with Gasteiger partial charge in [0.1, 0.15) is 0 Å². The first-order chi connectivity index (χ1) is 14.2. The Morgan fingerprint density at radius 1 is 0.967 bits per heavy atom. The zero-order valence-corrected chi connectivity index (χ0v) is 17.7. The molecule has 0 atom stereocenters. The summed E-state index contributed by atoms with van der Waals surface area (Å²) in [6.45, 7) is -0.179. The summed E-state index contributed by atoms with van der Waals surface area (Å²) in [6, 6.07) is 9.62. The lowest BCUT2D eigenvalue weighted by Gasteiger charge is -2.10. The van der Waals surface area contributed by atoms with Crippen LogP contribution in [0.5, 0.6) is 0 Å². The van der Waals surface area contributed by atoms with Crippen molar-refractivity contribution in [2.24, 2.45) is 0 Å². The molecule has 0 spiro atoms. The van der Waals surface area contributed by atoms with Crippen LogP contribution in [0.1, 0.15) is 27.1 Å². The lowest BCUT2D eigenvalue weighted by Crippen LogP contribution is -2.28. The number of amides is 1. The van der Waals surface area contributed by atoms with E-state index in [1.165, 1.54) is 50.6 Å². The van der Waals surface area contributed by atoms with Gasteiger partial charge >= 0.3 is 11.9 Å². The van der Waals surface area contributed by atoms with Gasteiger partial charge in [-0.1, -0.05) is 17.7 Å². The molecule has 30 heavy (non-hydrogen) atoms. The molecule has 2 rings (SSSR count). The van der Waals surface area contributed by atoms with Gasteiger partial charge < -0.3 is 14.8 Å². The molecule has 0 saturated carbocycles. The lowest BCUT2D eigenvalue weighted by atomic mass is 10.1. The molecule has 11 heteroatoms. The second kappa shape index (κ2) is 10.2. The van der Waals surface area contributed by atoms with Gasteiger partial charge in [0, 0.05) is 23.7 Å². The molecular formula is C19H19ClN2O7S. The van der Waals surface area contributed by atoms with E-state index >= 15 is 0 Å². The summed E-state index contributed by atoms with van der Waals surface area (Å²) >= 11 is 5.79. The predicted molar refractivity (Wildman–Crippen MR) is 109 cm³/mol. The summed E-state index contributed by atoms with van der Waals surface area (Å²) in [6.07, 6.45) is -0.199. The summed E-state index contributed by atoms with van der Waals surface area (Å²) in [4.78, 5) is 35.7. The molecule has 0 saturated heterocycles. The maximum Gasteiger partial charge on any atom is 0.337 e. The highest BCUT2D eigenvalue weighted by atomic mass is 35.5. The van der Waals surface area contributed by atoms with E-state index in [-0.39, 0.29) is 39.7 Å². The molecule has 2 N–H and O–H groups in total. The maximum absolute atomic E-state index is 12.2. The number of benzene rings is 2. The molecule has 160 valence electrons. The fraction of sp³-hybridized carbons (Fsp3) is 0.211. The van der Waals surface area contributed by atoms with Crippen molar-refractivity contribution in [2.75, 3.05) is 26.1 Å². The van der Waals surface area contributed by atoms with E-state index in [1.807, 2.05) is 0 Å². The average molecular weight is 455 g/mol. The van der Waals surface area contributed by atoms with Gasteiger partial charge in [0.2, 0.25) is 15.9 Å². The highest BCUT2D eigenvalue weighted by Crippen LogP contribution is 2.18. The molecule has 0 aliphatic carbocycles. The molecule has 0 aliphatic rings. The smallest absolute Gasteiger partial charge is 0.337 e. The minimum absolute atomic E-state index is 0.0242. The third kappa shape index (κ3) is 6.28. The van der Waals surface area contributed by atoms with Crippen molar-refractivity contribution in [3.63, 3.8) is 0 Å². The number of hydrogen-bond acceptors (Lipinski definition) is 7. The number of rotatable bonds is 8. The fourth-order valence-corrected chi connectivity index (χ4v) is 3.74. The van der Waals surface area contributed by atoms with Crippen molar-refractivity contribution in [1.82, 2.24) is 4.72 Å². The summed E-state index contributed by atoms with van der Waals surface area (Å²) in [5, 5.41) is 2.77. The van der Waals surface area contributed by atoms with Crippen molar-refractivity contribution in [3.05, 3.63) is 58.6 Å². The summed E-state index contributed by atoms with van der Waals surface area (Å²) in [7, 11) is -1.47. The molecule has 0 bridgehead atoms. The van der Waals surface area contributed by atoms with Crippen LogP contribution in [0.2, 0.25) is 5.02 Å². The molecule has 9 nitrogen and oxygen atoms in total. The van der Waals surface area contributed by atoms with Gasteiger partial charge in [-0.15, -0.1) is 0 Å². The topological polar surface area (TPSA) is 128 Å². The molecule has 0 fully saturated rings. The quantitative estimate of drug-likeness (QED) is 0.585. The molecule has 0 unspecified atom stereocenters. The first kappa shape index (κ1) is 23.3. The molecule has 2 aromatic rings. The Morgan fingerprint density at radius 3 is 2.10 bits per heavy atom. The van der Waals surface area contributed by atoms with E-state index in [1.54, 1.807) is 6.07 Å². The van der Waals surface area contributed by atoms with Crippen molar-refractivity contribution in [3.8, 4) is 0 Å². The van der Waals surface area contributed by atoms with Crippen molar-refractivity contribution in [2.45, 2.75) is 11.3 Å². The number of sulfonamides is 1. The molecular weight excluding hydrogens is 436 g/mol. The van der Waals surface area contributed by atoms with Gasteiger partial charge in [0.15, 0.2) is 0 Å². The molecule has 1 amide bonds. The number of methoxy groups -OCH3 is 2. The summed E-state index contributed by atoms with van der Waals surface area (Å²) in [5.41, 5.74) is 0.232. The van der Waals surface area contributed by atoms with Gasteiger partial charge in [-0.2, -0.15) is 0 Å². The number of nitrogens with one attached hydrogen (secondary N) is 2. The van der Waals surface area contributed by atoms with Crippen molar-refractivity contribution >= 4 is 45.2 Å². The fourth-order valence-electron chi connectivity index (χ4n) is 2.41. The van der Waals surface area contributed by atoms with Gasteiger partial charge in [-0.25, -0.2) is 22.7 Å². The van der Waals surface area contributed by atoms with E-state index < -0.39 is 27.9 Å². The van der Waals surface area contributed by atoms with Crippen LogP contribution in [0.4, 0.5) is 5.69 Å². The van der Waals surface area contributed by atoms with Crippen LogP contribution in [-0.4, -0.2) is 47.0 Å². The molecule has 2 aromatic carbocycles. The number of carbonyl (C=O) groups is 3. The number of halogens is 1. The highest BCUT2D eigenvalue weighted by Gasteiger charge is 2.17. The van der Waals surface area contributed by atoms with Crippen LogP contribution < -0.4 is 10.0 Å². The number of carbonyl (C=O) groups excluding carboxylic acids is 3. The third-order valence-corrected chi connectivity index (χ3v) is 5.50.